The van der Waals surface area contributed by atoms with Gasteiger partial charge >= 0.3 is 0 Å². The molecule has 0 aliphatic carbocycles. The third kappa shape index (κ3) is 4.93. The van der Waals surface area contributed by atoms with E-state index in [0.717, 1.165) is 5.56 Å². The number of Topliss-reactive ketones (excluding diaryl/α,β-unsaturated/α-hetero) is 2. The number of nitrogens with zero attached hydrogens (tertiary/aromatic N) is 2. The Hall–Kier alpha value is -4.18. The Morgan fingerprint density at radius 3 is 2.06 bits per heavy atom. The van der Waals surface area contributed by atoms with E-state index in [0.29, 0.717) is 34.1 Å². The van der Waals surface area contributed by atoms with Crippen LogP contribution >= 0.6 is 0 Å². The predicted octanol–water partition coefficient (Wildman–Crippen LogP) is 4.49. The first-order valence-electron chi connectivity index (χ1n) is 9.84. The lowest BCUT2D eigenvalue weighted by Gasteiger charge is -2.10. The number of benzene rings is 2. The Labute approximate surface area is 186 Å². The zero-order valence-electron chi connectivity index (χ0n) is 18.0. The van der Waals surface area contributed by atoms with Gasteiger partial charge in [-0.1, -0.05) is 12.1 Å². The molecule has 7 heteroatoms. The van der Waals surface area contributed by atoms with Crippen LogP contribution in [0.3, 0.4) is 0 Å². The first kappa shape index (κ1) is 22.5. The Morgan fingerprint density at radius 1 is 0.812 bits per heavy atom. The van der Waals surface area contributed by atoms with Crippen molar-refractivity contribution in [1.82, 2.24) is 4.98 Å². The van der Waals surface area contributed by atoms with E-state index in [1.165, 1.54) is 21.3 Å². The Bertz CT molecular complexity index is 1180. The van der Waals surface area contributed by atoms with Crippen LogP contribution in [0.1, 0.15) is 39.3 Å². The molecule has 0 bridgehead atoms. The van der Waals surface area contributed by atoms with Crippen LogP contribution < -0.4 is 14.2 Å². The molecule has 0 N–H and O–H groups in total. The molecule has 0 atom stereocenters. The molecular weight excluding hydrogens is 408 g/mol. The zero-order chi connectivity index (χ0) is 23.1. The number of rotatable bonds is 9. The molecule has 1 heterocycles. The molecule has 1 aromatic heterocycles. The van der Waals surface area contributed by atoms with Crippen molar-refractivity contribution in [3.8, 4) is 34.6 Å². The number of carbonyl (C=O) groups excluding carboxylic acids is 2. The standard InChI is InChI=1S/C25H22N2O5/c1-30-22-12-8-18(14-24(22)32-3)20(28)10-11-21(29)19-9-13-23(31-2)25(27-19)17-6-4-16(15-26)5-7-17/h4-9,12-14H,10-11H2,1-3H3. The summed E-state index contributed by atoms with van der Waals surface area (Å²) in [5.74, 6) is 1.05. The average molecular weight is 430 g/mol. The van der Waals surface area contributed by atoms with E-state index in [4.69, 9.17) is 19.5 Å². The molecule has 0 aliphatic rings. The van der Waals surface area contributed by atoms with Gasteiger partial charge in [-0.3, -0.25) is 9.59 Å². The molecule has 0 amide bonds. The van der Waals surface area contributed by atoms with Crippen molar-refractivity contribution in [2.24, 2.45) is 0 Å². The van der Waals surface area contributed by atoms with Gasteiger partial charge in [-0.2, -0.15) is 5.26 Å². The number of nitriles is 1. The minimum Gasteiger partial charge on any atom is -0.494 e. The van der Waals surface area contributed by atoms with E-state index in [-0.39, 0.29) is 30.1 Å². The van der Waals surface area contributed by atoms with Crippen LogP contribution in [0.5, 0.6) is 17.2 Å². The van der Waals surface area contributed by atoms with Gasteiger partial charge in [0.1, 0.15) is 17.1 Å². The van der Waals surface area contributed by atoms with Crippen LogP contribution in [0.15, 0.2) is 54.6 Å². The lowest BCUT2D eigenvalue weighted by atomic mass is 10.0. The molecular formula is C25H22N2O5. The lowest BCUT2D eigenvalue weighted by molar-refractivity contribution is 0.0915. The molecule has 0 saturated carbocycles. The fourth-order valence-corrected chi connectivity index (χ4v) is 3.18. The number of hydrogen-bond donors (Lipinski definition) is 0. The summed E-state index contributed by atoms with van der Waals surface area (Å²) < 4.78 is 15.8. The highest BCUT2D eigenvalue weighted by Gasteiger charge is 2.17. The lowest BCUT2D eigenvalue weighted by Crippen LogP contribution is -2.08. The van der Waals surface area contributed by atoms with Crippen LogP contribution in [0.25, 0.3) is 11.3 Å². The molecule has 2 aromatic carbocycles. The van der Waals surface area contributed by atoms with Gasteiger partial charge < -0.3 is 14.2 Å². The van der Waals surface area contributed by atoms with Gasteiger partial charge in [0.05, 0.1) is 33.0 Å². The molecule has 3 aromatic rings. The van der Waals surface area contributed by atoms with E-state index in [2.05, 4.69) is 11.1 Å². The molecule has 7 nitrogen and oxygen atoms in total. The third-order valence-electron chi connectivity index (χ3n) is 4.94. The van der Waals surface area contributed by atoms with E-state index in [1.807, 2.05) is 0 Å². The maximum Gasteiger partial charge on any atom is 0.181 e. The molecule has 0 aliphatic heterocycles. The molecule has 0 radical (unpaired) electrons. The van der Waals surface area contributed by atoms with Crippen molar-refractivity contribution >= 4 is 11.6 Å². The van der Waals surface area contributed by atoms with E-state index < -0.39 is 0 Å². The molecule has 162 valence electrons. The summed E-state index contributed by atoms with van der Waals surface area (Å²) in [6.07, 6.45) is 0.0491. The average Bonchev–Trinajstić information content (AvgIpc) is 2.86. The number of carbonyl (C=O) groups is 2. The molecule has 0 fully saturated rings. The first-order valence-corrected chi connectivity index (χ1v) is 9.84. The smallest absolute Gasteiger partial charge is 0.181 e. The number of aromatic nitrogens is 1. The highest BCUT2D eigenvalue weighted by molar-refractivity contribution is 6.02. The normalized spacial score (nSPS) is 10.2. The first-order chi connectivity index (χ1) is 15.5. The third-order valence-corrected chi connectivity index (χ3v) is 4.94. The highest BCUT2D eigenvalue weighted by Crippen LogP contribution is 2.30. The summed E-state index contributed by atoms with van der Waals surface area (Å²) in [7, 11) is 4.54. The Morgan fingerprint density at radius 2 is 1.44 bits per heavy atom. The maximum atomic E-state index is 12.7. The van der Waals surface area contributed by atoms with Gasteiger partial charge in [0.25, 0.3) is 0 Å². The topological polar surface area (TPSA) is 98.5 Å². The number of ether oxygens (including phenoxy) is 3. The Balaban J connectivity index is 1.76. The summed E-state index contributed by atoms with van der Waals surface area (Å²) in [5, 5.41) is 8.98. The summed E-state index contributed by atoms with van der Waals surface area (Å²) in [6.45, 7) is 0. The number of pyridine rings is 1. The van der Waals surface area contributed by atoms with Gasteiger partial charge in [0, 0.05) is 24.0 Å². The second kappa shape index (κ2) is 10.2. The van der Waals surface area contributed by atoms with E-state index >= 15 is 0 Å². The van der Waals surface area contributed by atoms with Crippen molar-refractivity contribution in [3.63, 3.8) is 0 Å². The summed E-state index contributed by atoms with van der Waals surface area (Å²) in [5.41, 5.74) is 2.42. The molecule has 3 rings (SSSR count). The van der Waals surface area contributed by atoms with Crippen molar-refractivity contribution in [2.45, 2.75) is 12.8 Å². The largest absolute Gasteiger partial charge is 0.494 e. The number of methoxy groups -OCH3 is 3. The molecule has 0 saturated heterocycles. The van der Waals surface area contributed by atoms with Crippen LogP contribution in [-0.4, -0.2) is 37.9 Å². The van der Waals surface area contributed by atoms with Crippen molar-refractivity contribution in [1.29, 1.82) is 5.26 Å². The number of ketones is 2. The summed E-state index contributed by atoms with van der Waals surface area (Å²) >= 11 is 0. The van der Waals surface area contributed by atoms with E-state index in [1.54, 1.807) is 54.6 Å². The van der Waals surface area contributed by atoms with Gasteiger partial charge in [-0.05, 0) is 42.5 Å². The predicted molar refractivity (Wildman–Crippen MR) is 118 cm³/mol. The maximum absolute atomic E-state index is 12.7. The minimum atomic E-state index is -0.253. The van der Waals surface area contributed by atoms with Crippen LogP contribution in [0, 0.1) is 11.3 Å². The van der Waals surface area contributed by atoms with Gasteiger partial charge in [0.15, 0.2) is 23.1 Å². The van der Waals surface area contributed by atoms with Crippen LogP contribution in [-0.2, 0) is 0 Å². The summed E-state index contributed by atoms with van der Waals surface area (Å²) in [4.78, 5) is 29.8. The molecule has 32 heavy (non-hydrogen) atoms. The number of hydrogen-bond acceptors (Lipinski definition) is 7. The fraction of sp³-hybridized carbons (Fsp3) is 0.200. The highest BCUT2D eigenvalue weighted by atomic mass is 16.5. The second-order valence-corrected chi connectivity index (χ2v) is 6.85. The molecule has 0 spiro atoms. The SMILES string of the molecule is COc1ccc(C(=O)CCC(=O)c2ccc(OC)c(-c3ccc(C#N)cc3)n2)cc1OC. The zero-order valence-corrected chi connectivity index (χ0v) is 18.0. The summed E-state index contributed by atoms with van der Waals surface area (Å²) in [6, 6.07) is 17.1. The quantitative estimate of drug-likeness (QED) is 0.461. The van der Waals surface area contributed by atoms with Crippen molar-refractivity contribution < 1.29 is 23.8 Å². The van der Waals surface area contributed by atoms with Crippen LogP contribution in [0.2, 0.25) is 0 Å². The monoisotopic (exact) mass is 430 g/mol. The van der Waals surface area contributed by atoms with E-state index in [9.17, 15) is 9.59 Å². The van der Waals surface area contributed by atoms with Gasteiger partial charge in [-0.25, -0.2) is 4.98 Å². The minimum absolute atomic E-state index is 0.0132. The molecule has 0 unspecified atom stereocenters. The Kier molecular flexibility index (Phi) is 7.19. The van der Waals surface area contributed by atoms with Gasteiger partial charge in [0.2, 0.25) is 0 Å². The van der Waals surface area contributed by atoms with Crippen molar-refractivity contribution in [2.75, 3.05) is 21.3 Å². The fourth-order valence-electron chi connectivity index (χ4n) is 3.18. The van der Waals surface area contributed by atoms with Crippen LogP contribution in [0.4, 0.5) is 0 Å². The van der Waals surface area contributed by atoms with Crippen molar-refractivity contribution in [3.05, 3.63) is 71.4 Å². The van der Waals surface area contributed by atoms with Gasteiger partial charge in [-0.15, -0.1) is 0 Å². The second-order valence-electron chi connectivity index (χ2n) is 6.85.